The summed E-state index contributed by atoms with van der Waals surface area (Å²) in [6.07, 6.45) is -0.389. The van der Waals surface area contributed by atoms with Crippen LogP contribution in [0.5, 0.6) is 5.75 Å². The molecule has 2 aromatic carbocycles. The first-order valence-electron chi connectivity index (χ1n) is 13.4. The number of amides is 2. The van der Waals surface area contributed by atoms with Gasteiger partial charge in [0, 0.05) is 48.5 Å². The number of aliphatic hydroxyl groups is 3. The van der Waals surface area contributed by atoms with Crippen LogP contribution in [-0.4, -0.2) is 88.5 Å². The van der Waals surface area contributed by atoms with Crippen molar-refractivity contribution in [2.24, 2.45) is 17.6 Å². The number of nitrogens with two attached hydrogens (primary N) is 1. The van der Waals surface area contributed by atoms with Gasteiger partial charge in [0.15, 0.2) is 17.1 Å². The Morgan fingerprint density at radius 2 is 1.71 bits per heavy atom. The number of halogens is 3. The highest BCUT2D eigenvalue weighted by Gasteiger charge is 2.64. The van der Waals surface area contributed by atoms with Gasteiger partial charge in [-0.15, -0.1) is 24.8 Å². The minimum atomic E-state index is -2.82. The first kappa shape index (κ1) is 35.3. The Morgan fingerprint density at radius 3 is 2.29 bits per heavy atom. The lowest BCUT2D eigenvalue weighted by molar-refractivity contribution is -0.153. The fourth-order valence-corrected chi connectivity index (χ4v) is 6.48. The van der Waals surface area contributed by atoms with Crippen molar-refractivity contribution in [3.05, 3.63) is 69.7 Å². The molecule has 0 spiro atoms. The number of nitrogens with one attached hydrogen (secondary N) is 1. The number of carbonyl (C=O) groups excluding carboxylic acids is 4. The molecule has 7 N–H and O–H groups in total. The summed E-state index contributed by atoms with van der Waals surface area (Å²) < 4.78 is 15.5. The van der Waals surface area contributed by atoms with Crippen molar-refractivity contribution in [2.75, 3.05) is 38.4 Å². The Morgan fingerprint density at radius 1 is 1.07 bits per heavy atom. The average Bonchev–Trinajstić information content (AvgIpc) is 2.93. The van der Waals surface area contributed by atoms with Gasteiger partial charge in [-0.3, -0.25) is 24.1 Å². The molecule has 242 valence electrons. The second-order valence-electron chi connectivity index (χ2n) is 11.5. The number of phenolic OH excluding ortho intramolecular Hbond substituents is 1. The second kappa shape index (κ2) is 12.3. The molecule has 0 heterocycles. The third-order valence-electron chi connectivity index (χ3n) is 8.54. The number of likely N-dealkylation sites (N-methyl/N-ethyl adjacent to an activating group) is 1. The van der Waals surface area contributed by atoms with E-state index in [9.17, 15) is 39.6 Å². The van der Waals surface area contributed by atoms with Crippen LogP contribution in [-0.2, 0) is 20.8 Å². The smallest absolute Gasteiger partial charge is 0.255 e. The van der Waals surface area contributed by atoms with Crippen molar-refractivity contribution >= 4 is 65.3 Å². The predicted molar refractivity (Wildman–Crippen MR) is 167 cm³/mol. The molecule has 3 aliphatic carbocycles. The number of fused-ring (bicyclic) bond motifs is 3. The third-order valence-corrected chi connectivity index (χ3v) is 8.54. The maximum atomic E-state index is 15.5. The zero-order valence-electron chi connectivity index (χ0n) is 24.6. The Labute approximate surface area is 269 Å². The number of nitrogens with zero attached hydrogens (tertiary/aromatic N) is 2. The molecule has 45 heavy (non-hydrogen) atoms. The van der Waals surface area contributed by atoms with Crippen molar-refractivity contribution in [3.8, 4) is 5.75 Å². The van der Waals surface area contributed by atoms with Crippen LogP contribution in [0.2, 0.25) is 0 Å². The lowest BCUT2D eigenvalue weighted by atomic mass is 9.57. The molecule has 0 aliphatic heterocycles. The highest BCUT2D eigenvalue weighted by Crippen LogP contribution is 2.53. The topological polar surface area (TPSA) is 194 Å². The average molecular weight is 668 g/mol. The molecule has 3 aliphatic rings. The summed E-state index contributed by atoms with van der Waals surface area (Å²) in [5.74, 6) is -10.0. The standard InChI is InChI=1S/C30H31FN4O8.2ClH/c1-34(2)14-7-5-6-12(8-14)29(42)33-18-11-17(31)15-9-13-10-16-22(35(3)4)25(38)21(28(32)41)27(40)30(16,43)26(39)19(13)24(37)20(15)23(18)36;;/h5-8,11,13,16,22,36-37,40,43H,9-10H2,1-4H3,(H2,32,41)(H,33,42);2*1H/t13-,16-,22-,30-;;/m0../s1. The SMILES string of the molecule is CN(C)c1cccc(C(=O)Nc2cc(F)c3c(c2O)C(O)=C2C(=O)[C@]4(O)C(O)=C(C(N)=O)C(=O)[C@@H](N(C)C)[C@@H]4C[C@@H]2C3)c1.Cl.Cl. The molecule has 12 nitrogen and oxygen atoms in total. The second-order valence-corrected chi connectivity index (χ2v) is 11.5. The molecule has 1 saturated carbocycles. The Bertz CT molecular complexity index is 1690. The number of carbonyl (C=O) groups is 4. The predicted octanol–water partition coefficient (Wildman–Crippen LogP) is 2.27. The van der Waals surface area contributed by atoms with Gasteiger partial charge in [-0.2, -0.15) is 0 Å². The molecular formula is C30H33Cl2FN4O8. The normalized spacial score (nSPS) is 23.8. The summed E-state index contributed by atoms with van der Waals surface area (Å²) >= 11 is 0. The molecule has 0 unspecified atom stereocenters. The molecule has 15 heteroatoms. The highest BCUT2D eigenvalue weighted by atomic mass is 35.5. The van der Waals surface area contributed by atoms with Crippen LogP contribution in [0.25, 0.3) is 5.76 Å². The molecule has 0 bridgehead atoms. The zero-order valence-corrected chi connectivity index (χ0v) is 26.3. The van der Waals surface area contributed by atoms with E-state index in [-0.39, 0.29) is 54.5 Å². The van der Waals surface area contributed by atoms with E-state index in [0.29, 0.717) is 5.69 Å². The first-order chi connectivity index (χ1) is 20.1. The summed E-state index contributed by atoms with van der Waals surface area (Å²) in [5.41, 5.74) is 1.08. The monoisotopic (exact) mass is 666 g/mol. The summed E-state index contributed by atoms with van der Waals surface area (Å²) in [4.78, 5) is 55.3. The van der Waals surface area contributed by atoms with Gasteiger partial charge in [-0.25, -0.2) is 4.39 Å². The molecule has 2 amide bonds. The van der Waals surface area contributed by atoms with Crippen LogP contribution in [0.4, 0.5) is 15.8 Å². The molecule has 2 aromatic rings. The van der Waals surface area contributed by atoms with Crippen molar-refractivity contribution in [2.45, 2.75) is 24.5 Å². The number of benzene rings is 2. The largest absolute Gasteiger partial charge is 0.508 e. The van der Waals surface area contributed by atoms with E-state index in [4.69, 9.17) is 5.73 Å². The number of rotatable bonds is 5. The Kier molecular flexibility index (Phi) is 9.66. The minimum absolute atomic E-state index is 0. The number of anilines is 2. The summed E-state index contributed by atoms with van der Waals surface area (Å²) in [7, 11) is 6.54. The van der Waals surface area contributed by atoms with E-state index in [1.807, 2.05) is 0 Å². The summed E-state index contributed by atoms with van der Waals surface area (Å²) in [5, 5.41) is 47.5. The number of hydrogen-bond donors (Lipinski definition) is 6. The van der Waals surface area contributed by atoms with Gasteiger partial charge >= 0.3 is 0 Å². The highest BCUT2D eigenvalue weighted by molar-refractivity contribution is 6.24. The molecule has 4 atom stereocenters. The van der Waals surface area contributed by atoms with Crippen LogP contribution in [0.15, 0.2) is 47.2 Å². The lowest BCUT2D eigenvalue weighted by Gasteiger charge is -2.50. The zero-order chi connectivity index (χ0) is 31.7. The van der Waals surface area contributed by atoms with Gasteiger partial charge < -0.3 is 36.4 Å². The van der Waals surface area contributed by atoms with E-state index in [1.54, 1.807) is 37.2 Å². The van der Waals surface area contributed by atoms with E-state index < -0.39 is 86.7 Å². The quantitative estimate of drug-likeness (QED) is 0.204. The summed E-state index contributed by atoms with van der Waals surface area (Å²) in [6.45, 7) is 0. The van der Waals surface area contributed by atoms with Gasteiger partial charge in [0.05, 0.1) is 17.3 Å². The van der Waals surface area contributed by atoms with Crippen molar-refractivity contribution in [1.29, 1.82) is 0 Å². The molecular weight excluding hydrogens is 634 g/mol. The van der Waals surface area contributed by atoms with Gasteiger partial charge in [-0.1, -0.05) is 6.07 Å². The third kappa shape index (κ3) is 5.29. The molecule has 0 radical (unpaired) electrons. The van der Waals surface area contributed by atoms with Gasteiger partial charge in [0.25, 0.3) is 11.8 Å². The van der Waals surface area contributed by atoms with E-state index >= 15 is 4.39 Å². The summed E-state index contributed by atoms with van der Waals surface area (Å²) in [6, 6.07) is 6.18. The van der Waals surface area contributed by atoms with Crippen LogP contribution >= 0.6 is 24.8 Å². The number of primary amides is 1. The number of phenols is 1. The molecule has 0 saturated heterocycles. The van der Waals surface area contributed by atoms with E-state index in [1.165, 1.54) is 25.1 Å². The number of aliphatic hydroxyl groups excluding tert-OH is 2. The Hall–Kier alpha value is -4.17. The fraction of sp³-hybridized carbons (Fsp3) is 0.333. The maximum Gasteiger partial charge on any atom is 0.255 e. The number of ketones is 2. The number of hydrogen-bond acceptors (Lipinski definition) is 10. The van der Waals surface area contributed by atoms with Gasteiger partial charge in [-0.05, 0) is 51.1 Å². The van der Waals surface area contributed by atoms with E-state index in [0.717, 1.165) is 6.07 Å². The number of aromatic hydroxyl groups is 1. The van der Waals surface area contributed by atoms with Gasteiger partial charge in [0.1, 0.15) is 22.9 Å². The molecule has 0 aromatic heterocycles. The van der Waals surface area contributed by atoms with Crippen LogP contribution in [0, 0.1) is 17.7 Å². The fourth-order valence-electron chi connectivity index (χ4n) is 6.48. The van der Waals surface area contributed by atoms with Crippen LogP contribution in [0.3, 0.4) is 0 Å². The Balaban J connectivity index is 0.00000276. The first-order valence-corrected chi connectivity index (χ1v) is 13.4. The molecule has 5 rings (SSSR count). The van der Waals surface area contributed by atoms with Crippen molar-refractivity contribution in [1.82, 2.24) is 4.90 Å². The maximum absolute atomic E-state index is 15.5. The number of Topliss-reactive ketones (excluding diaryl/α,β-unsaturated/α-hetero) is 2. The van der Waals surface area contributed by atoms with E-state index in [2.05, 4.69) is 5.32 Å². The lowest BCUT2D eigenvalue weighted by Crippen LogP contribution is -2.65. The molecule has 1 fully saturated rings. The van der Waals surface area contributed by atoms with Crippen molar-refractivity contribution < 1.29 is 44.0 Å². The van der Waals surface area contributed by atoms with Crippen LogP contribution in [0.1, 0.15) is 27.9 Å². The van der Waals surface area contributed by atoms with Crippen LogP contribution < -0.4 is 16.0 Å². The minimum Gasteiger partial charge on any atom is -0.508 e. The van der Waals surface area contributed by atoms with Gasteiger partial charge in [0.2, 0.25) is 5.78 Å². The van der Waals surface area contributed by atoms with Crippen molar-refractivity contribution in [3.63, 3.8) is 0 Å².